The summed E-state index contributed by atoms with van der Waals surface area (Å²) >= 11 is 0. The molecule has 7 nitrogen and oxygen atoms in total. The molecule has 1 unspecified atom stereocenters. The van der Waals surface area contributed by atoms with Crippen molar-refractivity contribution in [1.82, 2.24) is 15.1 Å². The highest BCUT2D eigenvalue weighted by molar-refractivity contribution is 6.00. The molecule has 1 aromatic rings. The van der Waals surface area contributed by atoms with Crippen molar-refractivity contribution in [2.24, 2.45) is 0 Å². The summed E-state index contributed by atoms with van der Waals surface area (Å²) in [5.74, 6) is -0.192. The third kappa shape index (κ3) is 4.86. The van der Waals surface area contributed by atoms with Crippen LogP contribution in [0.4, 0.5) is 0 Å². The van der Waals surface area contributed by atoms with Crippen LogP contribution >= 0.6 is 0 Å². The molecular formula is C20H27N3O4. The molecule has 2 aliphatic rings. The normalized spacial score (nSPS) is 21.3. The highest BCUT2D eigenvalue weighted by Crippen LogP contribution is 2.26. The minimum Gasteiger partial charge on any atom is -0.484 e. The van der Waals surface area contributed by atoms with Gasteiger partial charge in [0.1, 0.15) is 5.75 Å². The van der Waals surface area contributed by atoms with Crippen LogP contribution in [-0.2, 0) is 14.4 Å². The SMILES string of the molecule is CC(C)N1CCN(C(=O)COc2ccc(C3CCC(=O)NC3=O)cc2)CC1. The molecule has 2 saturated heterocycles. The number of carbonyl (C=O) groups is 3. The van der Waals surface area contributed by atoms with Gasteiger partial charge in [0, 0.05) is 38.6 Å². The van der Waals surface area contributed by atoms with Crippen molar-refractivity contribution in [2.45, 2.75) is 38.6 Å². The van der Waals surface area contributed by atoms with E-state index in [0.29, 0.717) is 24.6 Å². The zero-order chi connectivity index (χ0) is 19.4. The fourth-order valence-corrected chi connectivity index (χ4v) is 3.53. The number of carbonyl (C=O) groups excluding carboxylic acids is 3. The molecule has 2 heterocycles. The Kier molecular flexibility index (Phi) is 6.11. The Balaban J connectivity index is 1.48. The van der Waals surface area contributed by atoms with Gasteiger partial charge in [0.15, 0.2) is 6.61 Å². The van der Waals surface area contributed by atoms with Gasteiger partial charge in [-0.3, -0.25) is 24.6 Å². The molecule has 3 rings (SSSR count). The Labute approximate surface area is 159 Å². The Morgan fingerprint density at radius 1 is 1.15 bits per heavy atom. The van der Waals surface area contributed by atoms with Gasteiger partial charge < -0.3 is 9.64 Å². The highest BCUT2D eigenvalue weighted by atomic mass is 16.5. The fourth-order valence-electron chi connectivity index (χ4n) is 3.53. The largest absolute Gasteiger partial charge is 0.484 e. The van der Waals surface area contributed by atoms with Crippen LogP contribution in [0.1, 0.15) is 38.2 Å². The molecule has 0 saturated carbocycles. The molecule has 1 N–H and O–H groups in total. The summed E-state index contributed by atoms with van der Waals surface area (Å²) in [6, 6.07) is 7.68. The van der Waals surface area contributed by atoms with E-state index in [4.69, 9.17) is 4.74 Å². The van der Waals surface area contributed by atoms with Crippen molar-refractivity contribution >= 4 is 17.7 Å². The maximum Gasteiger partial charge on any atom is 0.260 e. The van der Waals surface area contributed by atoms with E-state index in [1.165, 1.54) is 0 Å². The summed E-state index contributed by atoms with van der Waals surface area (Å²) < 4.78 is 5.62. The van der Waals surface area contributed by atoms with E-state index < -0.39 is 0 Å². The molecule has 2 fully saturated rings. The first-order valence-corrected chi connectivity index (χ1v) is 9.52. The van der Waals surface area contributed by atoms with Gasteiger partial charge >= 0.3 is 0 Å². The number of piperidine rings is 1. The van der Waals surface area contributed by atoms with Crippen molar-refractivity contribution in [1.29, 1.82) is 0 Å². The van der Waals surface area contributed by atoms with Crippen molar-refractivity contribution in [3.63, 3.8) is 0 Å². The van der Waals surface area contributed by atoms with Crippen LogP contribution in [0.25, 0.3) is 0 Å². The summed E-state index contributed by atoms with van der Waals surface area (Å²) in [7, 11) is 0. The first kappa shape index (κ1) is 19.4. The van der Waals surface area contributed by atoms with E-state index in [1.54, 1.807) is 12.1 Å². The van der Waals surface area contributed by atoms with Gasteiger partial charge in [0.2, 0.25) is 11.8 Å². The lowest BCUT2D eigenvalue weighted by atomic mass is 9.90. The quantitative estimate of drug-likeness (QED) is 0.783. The Bertz CT molecular complexity index is 694. The molecule has 27 heavy (non-hydrogen) atoms. The monoisotopic (exact) mass is 373 g/mol. The number of nitrogens with zero attached hydrogens (tertiary/aromatic N) is 2. The van der Waals surface area contributed by atoms with Crippen LogP contribution in [0.5, 0.6) is 5.75 Å². The van der Waals surface area contributed by atoms with Crippen molar-refractivity contribution in [2.75, 3.05) is 32.8 Å². The summed E-state index contributed by atoms with van der Waals surface area (Å²) in [6.45, 7) is 7.59. The molecule has 0 radical (unpaired) electrons. The number of ether oxygens (including phenoxy) is 1. The molecule has 3 amide bonds. The standard InChI is InChI=1S/C20H27N3O4/c1-14(2)22-9-11-23(12-10-22)19(25)13-27-16-5-3-15(4-6-16)17-7-8-18(24)21-20(17)26/h3-6,14,17H,7-13H2,1-2H3,(H,21,24,26). The van der Waals surface area contributed by atoms with Crippen LogP contribution in [0.15, 0.2) is 24.3 Å². The summed E-state index contributed by atoms with van der Waals surface area (Å²) in [5, 5.41) is 2.37. The van der Waals surface area contributed by atoms with Crippen molar-refractivity contribution in [3.8, 4) is 5.75 Å². The van der Waals surface area contributed by atoms with E-state index in [-0.39, 0.29) is 30.2 Å². The zero-order valence-electron chi connectivity index (χ0n) is 15.9. The third-order valence-corrected chi connectivity index (χ3v) is 5.28. The molecular weight excluding hydrogens is 346 g/mol. The maximum absolute atomic E-state index is 12.3. The third-order valence-electron chi connectivity index (χ3n) is 5.28. The van der Waals surface area contributed by atoms with Crippen LogP contribution in [0.3, 0.4) is 0 Å². The smallest absolute Gasteiger partial charge is 0.260 e. The Morgan fingerprint density at radius 3 is 2.41 bits per heavy atom. The predicted octanol–water partition coefficient (Wildman–Crippen LogP) is 1.14. The zero-order valence-corrected chi connectivity index (χ0v) is 15.9. The first-order chi connectivity index (χ1) is 12.9. The summed E-state index contributed by atoms with van der Waals surface area (Å²) in [4.78, 5) is 39.7. The second-order valence-electron chi connectivity index (χ2n) is 7.37. The topological polar surface area (TPSA) is 79.0 Å². The number of imide groups is 1. The first-order valence-electron chi connectivity index (χ1n) is 9.52. The van der Waals surface area contributed by atoms with Crippen LogP contribution in [-0.4, -0.2) is 66.3 Å². The summed E-state index contributed by atoms with van der Waals surface area (Å²) in [6.07, 6.45) is 0.874. The van der Waals surface area contributed by atoms with Gasteiger partial charge in [-0.15, -0.1) is 0 Å². The van der Waals surface area contributed by atoms with E-state index in [1.807, 2.05) is 17.0 Å². The number of rotatable bonds is 5. The lowest BCUT2D eigenvalue weighted by Crippen LogP contribution is -2.51. The molecule has 146 valence electrons. The molecule has 0 bridgehead atoms. The minimum atomic E-state index is -0.310. The molecule has 0 spiro atoms. The highest BCUT2D eigenvalue weighted by Gasteiger charge is 2.28. The second kappa shape index (κ2) is 8.52. The Morgan fingerprint density at radius 2 is 1.81 bits per heavy atom. The lowest BCUT2D eigenvalue weighted by Gasteiger charge is -2.36. The van der Waals surface area contributed by atoms with Gasteiger partial charge in [-0.2, -0.15) is 0 Å². The van der Waals surface area contributed by atoms with Crippen LogP contribution in [0.2, 0.25) is 0 Å². The van der Waals surface area contributed by atoms with E-state index in [2.05, 4.69) is 24.1 Å². The van der Waals surface area contributed by atoms with Gasteiger partial charge in [0.05, 0.1) is 5.92 Å². The number of benzene rings is 1. The number of hydrogen-bond acceptors (Lipinski definition) is 5. The van der Waals surface area contributed by atoms with Gasteiger partial charge in [-0.25, -0.2) is 0 Å². The molecule has 7 heteroatoms. The Hall–Kier alpha value is -2.41. The van der Waals surface area contributed by atoms with Gasteiger partial charge in [-0.1, -0.05) is 12.1 Å². The van der Waals surface area contributed by atoms with Crippen molar-refractivity contribution in [3.05, 3.63) is 29.8 Å². The molecule has 0 aliphatic carbocycles. The lowest BCUT2D eigenvalue weighted by molar-refractivity contribution is -0.136. The maximum atomic E-state index is 12.3. The number of nitrogens with one attached hydrogen (secondary N) is 1. The average Bonchev–Trinajstić information content (AvgIpc) is 2.67. The van der Waals surface area contributed by atoms with E-state index in [0.717, 1.165) is 31.7 Å². The molecule has 2 aliphatic heterocycles. The summed E-state index contributed by atoms with van der Waals surface area (Å²) in [5.41, 5.74) is 0.850. The predicted molar refractivity (Wildman–Crippen MR) is 100 cm³/mol. The molecule has 0 aromatic heterocycles. The number of piperazine rings is 1. The van der Waals surface area contributed by atoms with Gasteiger partial charge in [-0.05, 0) is 38.0 Å². The van der Waals surface area contributed by atoms with E-state index >= 15 is 0 Å². The van der Waals surface area contributed by atoms with Gasteiger partial charge in [0.25, 0.3) is 5.91 Å². The number of amides is 3. The van der Waals surface area contributed by atoms with Crippen LogP contribution in [0, 0.1) is 0 Å². The van der Waals surface area contributed by atoms with E-state index in [9.17, 15) is 14.4 Å². The second-order valence-corrected chi connectivity index (χ2v) is 7.37. The molecule has 1 aromatic carbocycles. The van der Waals surface area contributed by atoms with Crippen molar-refractivity contribution < 1.29 is 19.1 Å². The average molecular weight is 373 g/mol. The molecule has 1 atom stereocenters. The fraction of sp³-hybridized carbons (Fsp3) is 0.550. The van der Waals surface area contributed by atoms with Crippen LogP contribution < -0.4 is 10.1 Å². The minimum absolute atomic E-state index is 0.00680. The number of hydrogen-bond donors (Lipinski definition) is 1.